The van der Waals surface area contributed by atoms with E-state index in [0.29, 0.717) is 22.1 Å². The fourth-order valence-corrected chi connectivity index (χ4v) is 4.11. The molecule has 0 aromatic heterocycles. The molecule has 0 unspecified atom stereocenters. The predicted octanol–water partition coefficient (Wildman–Crippen LogP) is 6.32. The fourth-order valence-electron chi connectivity index (χ4n) is 3.14. The number of rotatable bonds is 8. The van der Waals surface area contributed by atoms with Crippen LogP contribution in [0.3, 0.4) is 0 Å². The molecule has 0 aliphatic carbocycles. The van der Waals surface area contributed by atoms with Crippen LogP contribution in [0.1, 0.15) is 29.7 Å². The highest BCUT2D eigenvalue weighted by Gasteiger charge is 2.16. The fraction of sp³-hybridized carbons (Fsp3) is 0.154. The number of amides is 1. The smallest absolute Gasteiger partial charge is 0.262 e. The Balaban J connectivity index is 1.80. The van der Waals surface area contributed by atoms with Crippen molar-refractivity contribution in [2.24, 2.45) is 0 Å². The Morgan fingerprint density at radius 3 is 2.55 bits per heavy atom. The molecular formula is C26H22ClIN2O3. The Morgan fingerprint density at radius 2 is 1.88 bits per heavy atom. The number of benzene rings is 3. The van der Waals surface area contributed by atoms with E-state index < -0.39 is 5.91 Å². The Labute approximate surface area is 212 Å². The summed E-state index contributed by atoms with van der Waals surface area (Å²) in [4.78, 5) is 12.7. The van der Waals surface area contributed by atoms with Gasteiger partial charge in [0.05, 0.1) is 16.7 Å². The number of nitriles is 1. The van der Waals surface area contributed by atoms with E-state index in [4.69, 9.17) is 21.1 Å². The molecule has 3 aromatic carbocycles. The molecule has 1 N–H and O–H groups in total. The lowest BCUT2D eigenvalue weighted by Gasteiger charge is -2.15. The molecule has 0 aliphatic rings. The highest BCUT2D eigenvalue weighted by Crippen LogP contribution is 2.35. The van der Waals surface area contributed by atoms with E-state index in [2.05, 4.69) is 27.9 Å². The molecule has 3 rings (SSSR count). The third-order valence-corrected chi connectivity index (χ3v) is 6.07. The van der Waals surface area contributed by atoms with Crippen LogP contribution in [0.4, 0.5) is 0 Å². The van der Waals surface area contributed by atoms with E-state index in [1.807, 2.05) is 73.7 Å². The molecule has 7 heteroatoms. The largest absolute Gasteiger partial charge is 0.493 e. The van der Waals surface area contributed by atoms with Crippen LogP contribution in [-0.2, 0) is 11.4 Å². The molecule has 0 saturated carbocycles. The summed E-state index contributed by atoms with van der Waals surface area (Å²) in [5, 5.41) is 13.1. The van der Waals surface area contributed by atoms with Crippen molar-refractivity contribution in [1.29, 1.82) is 5.26 Å². The molecular weight excluding hydrogens is 551 g/mol. The SMILES string of the molecule is COc1cc(/C=C(/C#N)C(=O)N[C@@H](C)c2ccccc2)cc(I)c1OCc1ccccc1Cl. The summed E-state index contributed by atoms with van der Waals surface area (Å²) in [6.45, 7) is 2.16. The van der Waals surface area contributed by atoms with Crippen LogP contribution >= 0.6 is 34.2 Å². The monoisotopic (exact) mass is 572 g/mol. The van der Waals surface area contributed by atoms with Crippen molar-refractivity contribution in [3.63, 3.8) is 0 Å². The lowest BCUT2D eigenvalue weighted by atomic mass is 10.1. The lowest BCUT2D eigenvalue weighted by molar-refractivity contribution is -0.117. The average molecular weight is 573 g/mol. The number of hydrogen-bond donors (Lipinski definition) is 1. The standard InChI is InChI=1S/C26H22ClIN2O3/c1-17(19-8-4-3-5-9-19)30-26(31)21(15-29)12-18-13-23(28)25(24(14-18)32-2)33-16-20-10-6-7-11-22(20)27/h3-14,17H,16H2,1-2H3,(H,30,31)/b21-12-/t17-/m0/s1. The summed E-state index contributed by atoms with van der Waals surface area (Å²) in [6, 6.07) is 22.4. The van der Waals surface area contributed by atoms with Crippen molar-refractivity contribution in [3.8, 4) is 17.6 Å². The molecule has 168 valence electrons. The maximum absolute atomic E-state index is 12.7. The summed E-state index contributed by atoms with van der Waals surface area (Å²) >= 11 is 8.36. The second kappa shape index (κ2) is 11.7. The molecule has 1 atom stereocenters. The molecule has 0 radical (unpaired) electrons. The summed E-state index contributed by atoms with van der Waals surface area (Å²) in [6.07, 6.45) is 1.54. The van der Waals surface area contributed by atoms with Crippen LogP contribution < -0.4 is 14.8 Å². The molecule has 5 nitrogen and oxygen atoms in total. The zero-order valence-corrected chi connectivity index (χ0v) is 21.1. The quantitative estimate of drug-likeness (QED) is 0.195. The first kappa shape index (κ1) is 24.6. The molecule has 0 saturated heterocycles. The maximum atomic E-state index is 12.7. The van der Waals surface area contributed by atoms with Gasteiger partial charge in [-0.05, 0) is 64.9 Å². The molecule has 0 fully saturated rings. The molecule has 0 bridgehead atoms. The van der Waals surface area contributed by atoms with E-state index in [1.54, 1.807) is 13.2 Å². The van der Waals surface area contributed by atoms with Gasteiger partial charge >= 0.3 is 0 Å². The first-order valence-electron chi connectivity index (χ1n) is 10.1. The number of nitrogens with one attached hydrogen (secondary N) is 1. The van der Waals surface area contributed by atoms with E-state index in [-0.39, 0.29) is 18.2 Å². The van der Waals surface area contributed by atoms with Gasteiger partial charge in [-0.15, -0.1) is 0 Å². The third kappa shape index (κ3) is 6.50. The highest BCUT2D eigenvalue weighted by molar-refractivity contribution is 14.1. The number of hydrogen-bond acceptors (Lipinski definition) is 4. The zero-order valence-electron chi connectivity index (χ0n) is 18.1. The number of ether oxygens (including phenoxy) is 2. The van der Waals surface area contributed by atoms with E-state index in [0.717, 1.165) is 14.7 Å². The maximum Gasteiger partial charge on any atom is 0.262 e. The Morgan fingerprint density at radius 1 is 1.18 bits per heavy atom. The van der Waals surface area contributed by atoms with Gasteiger partial charge in [-0.3, -0.25) is 4.79 Å². The zero-order chi connectivity index (χ0) is 23.8. The summed E-state index contributed by atoms with van der Waals surface area (Å²) in [5.74, 6) is 0.619. The topological polar surface area (TPSA) is 71.3 Å². The lowest BCUT2D eigenvalue weighted by Crippen LogP contribution is -2.27. The van der Waals surface area contributed by atoms with Crippen LogP contribution in [-0.4, -0.2) is 13.0 Å². The predicted molar refractivity (Wildman–Crippen MR) is 138 cm³/mol. The Bertz CT molecular complexity index is 1210. The summed E-state index contributed by atoms with van der Waals surface area (Å²) in [7, 11) is 1.54. The van der Waals surface area contributed by atoms with Gasteiger partial charge in [-0.2, -0.15) is 5.26 Å². The molecule has 1 amide bonds. The molecule has 0 aliphatic heterocycles. The number of halogens is 2. The first-order valence-corrected chi connectivity index (χ1v) is 11.6. The second-order valence-corrected chi connectivity index (χ2v) is 8.76. The van der Waals surface area contributed by atoms with Gasteiger partial charge in [0.25, 0.3) is 5.91 Å². The van der Waals surface area contributed by atoms with Gasteiger partial charge in [-0.25, -0.2) is 0 Å². The Hall–Kier alpha value is -3.02. The van der Waals surface area contributed by atoms with Crippen molar-refractivity contribution in [2.75, 3.05) is 7.11 Å². The first-order chi connectivity index (χ1) is 15.9. The van der Waals surface area contributed by atoms with Crippen LogP contribution in [0, 0.1) is 14.9 Å². The average Bonchev–Trinajstić information content (AvgIpc) is 2.82. The van der Waals surface area contributed by atoms with Gasteiger partial charge in [-0.1, -0.05) is 60.1 Å². The van der Waals surface area contributed by atoms with Gasteiger partial charge in [0, 0.05) is 10.6 Å². The number of carbonyl (C=O) groups is 1. The molecule has 0 spiro atoms. The second-order valence-electron chi connectivity index (χ2n) is 7.19. The van der Waals surface area contributed by atoms with Crippen molar-refractivity contribution in [1.82, 2.24) is 5.32 Å². The van der Waals surface area contributed by atoms with Gasteiger partial charge in [0.2, 0.25) is 0 Å². The van der Waals surface area contributed by atoms with Crippen LogP contribution in [0.5, 0.6) is 11.5 Å². The van der Waals surface area contributed by atoms with Gasteiger partial charge in [0.15, 0.2) is 11.5 Å². The minimum atomic E-state index is -0.443. The molecule has 33 heavy (non-hydrogen) atoms. The number of methoxy groups -OCH3 is 1. The third-order valence-electron chi connectivity index (χ3n) is 4.90. The summed E-state index contributed by atoms with van der Waals surface area (Å²) in [5.41, 5.74) is 2.47. The molecule has 3 aromatic rings. The normalized spacial score (nSPS) is 11.9. The number of nitrogens with zero attached hydrogens (tertiary/aromatic N) is 1. The molecule has 0 heterocycles. The van der Waals surface area contributed by atoms with Crippen molar-refractivity contribution >= 4 is 46.2 Å². The summed E-state index contributed by atoms with van der Waals surface area (Å²) < 4.78 is 12.3. The number of carbonyl (C=O) groups excluding carboxylic acids is 1. The van der Waals surface area contributed by atoms with E-state index in [1.165, 1.54) is 6.08 Å². The van der Waals surface area contributed by atoms with Crippen LogP contribution in [0.2, 0.25) is 5.02 Å². The van der Waals surface area contributed by atoms with Crippen molar-refractivity contribution in [2.45, 2.75) is 19.6 Å². The Kier molecular flexibility index (Phi) is 8.75. The van der Waals surface area contributed by atoms with Crippen LogP contribution in [0.15, 0.2) is 72.3 Å². The highest BCUT2D eigenvalue weighted by atomic mass is 127. The minimum Gasteiger partial charge on any atom is -0.493 e. The van der Waals surface area contributed by atoms with Crippen molar-refractivity contribution in [3.05, 3.63) is 97.6 Å². The van der Waals surface area contributed by atoms with Crippen molar-refractivity contribution < 1.29 is 14.3 Å². The van der Waals surface area contributed by atoms with Gasteiger partial charge < -0.3 is 14.8 Å². The van der Waals surface area contributed by atoms with E-state index in [9.17, 15) is 10.1 Å². The van der Waals surface area contributed by atoms with E-state index >= 15 is 0 Å². The van der Waals surface area contributed by atoms with Crippen LogP contribution in [0.25, 0.3) is 6.08 Å². The van der Waals surface area contributed by atoms with Gasteiger partial charge in [0.1, 0.15) is 18.2 Å². The minimum absolute atomic E-state index is 0.000343.